The van der Waals surface area contributed by atoms with Gasteiger partial charge in [0, 0.05) is 23.1 Å². The summed E-state index contributed by atoms with van der Waals surface area (Å²) in [6.07, 6.45) is 11.0. The van der Waals surface area contributed by atoms with Crippen LogP contribution < -0.4 is 0 Å². The maximum atomic E-state index is 4.45. The first kappa shape index (κ1) is 14.7. The van der Waals surface area contributed by atoms with Crippen LogP contribution in [0, 0.1) is 6.92 Å². The van der Waals surface area contributed by atoms with Crippen molar-refractivity contribution >= 4 is 15.9 Å². The molecule has 96 valence electrons. The van der Waals surface area contributed by atoms with E-state index in [-0.39, 0.29) is 0 Å². The second-order valence-electron chi connectivity index (χ2n) is 4.77. The Morgan fingerprint density at radius 2 is 2.00 bits per heavy atom. The fourth-order valence-corrected chi connectivity index (χ4v) is 2.64. The van der Waals surface area contributed by atoms with Crippen LogP contribution in [0.15, 0.2) is 18.3 Å². The lowest BCUT2D eigenvalue weighted by atomic mass is 10.1. The standard InChI is InChI=1S/C15H24BrN/c1-3-4-5-6-7-10-14(16)12-15-13(2)9-8-11-17-15/h8-9,11,14H,3-7,10,12H2,1-2H3. The van der Waals surface area contributed by atoms with Crippen LogP contribution >= 0.6 is 15.9 Å². The van der Waals surface area contributed by atoms with Crippen molar-refractivity contribution in [2.75, 3.05) is 0 Å². The van der Waals surface area contributed by atoms with E-state index in [2.05, 4.69) is 40.8 Å². The van der Waals surface area contributed by atoms with Crippen LogP contribution in [0.4, 0.5) is 0 Å². The summed E-state index contributed by atoms with van der Waals surface area (Å²) >= 11 is 3.78. The zero-order chi connectivity index (χ0) is 12.5. The molecule has 0 N–H and O–H groups in total. The number of hydrogen-bond acceptors (Lipinski definition) is 1. The second-order valence-corrected chi connectivity index (χ2v) is 6.07. The van der Waals surface area contributed by atoms with E-state index in [1.807, 2.05) is 12.3 Å². The molecule has 1 aromatic heterocycles. The van der Waals surface area contributed by atoms with Crippen LogP contribution in [0.1, 0.15) is 56.7 Å². The molecule has 0 aliphatic carbocycles. The summed E-state index contributed by atoms with van der Waals surface area (Å²) in [5.41, 5.74) is 2.55. The first-order valence-electron chi connectivity index (χ1n) is 6.78. The average molecular weight is 298 g/mol. The number of pyridine rings is 1. The van der Waals surface area contributed by atoms with E-state index < -0.39 is 0 Å². The Balaban J connectivity index is 2.21. The smallest absolute Gasteiger partial charge is 0.0443 e. The molecule has 1 nitrogen and oxygen atoms in total. The molecule has 0 spiro atoms. The normalized spacial score (nSPS) is 12.6. The van der Waals surface area contributed by atoms with E-state index in [1.54, 1.807) is 0 Å². The molecule has 0 aromatic carbocycles. The third-order valence-electron chi connectivity index (χ3n) is 3.15. The molecule has 0 saturated carbocycles. The lowest BCUT2D eigenvalue weighted by Gasteiger charge is -2.10. The highest BCUT2D eigenvalue weighted by Crippen LogP contribution is 2.18. The van der Waals surface area contributed by atoms with Crippen molar-refractivity contribution in [3.8, 4) is 0 Å². The van der Waals surface area contributed by atoms with Gasteiger partial charge in [-0.15, -0.1) is 0 Å². The molecular formula is C15H24BrN. The van der Waals surface area contributed by atoms with Crippen molar-refractivity contribution in [2.24, 2.45) is 0 Å². The number of aryl methyl sites for hydroxylation is 1. The molecule has 0 bridgehead atoms. The summed E-state index contributed by atoms with van der Waals surface area (Å²) in [4.78, 5) is 5.03. The maximum absolute atomic E-state index is 4.45. The highest BCUT2D eigenvalue weighted by Gasteiger charge is 2.07. The summed E-state index contributed by atoms with van der Waals surface area (Å²) in [5, 5.41) is 0. The summed E-state index contributed by atoms with van der Waals surface area (Å²) < 4.78 is 0. The first-order valence-corrected chi connectivity index (χ1v) is 7.70. The van der Waals surface area contributed by atoms with Gasteiger partial charge < -0.3 is 0 Å². The van der Waals surface area contributed by atoms with Crippen molar-refractivity contribution in [3.63, 3.8) is 0 Å². The summed E-state index contributed by atoms with van der Waals surface area (Å²) in [6, 6.07) is 4.15. The van der Waals surface area contributed by atoms with E-state index in [0.717, 1.165) is 6.42 Å². The molecule has 0 amide bonds. The van der Waals surface area contributed by atoms with E-state index in [4.69, 9.17) is 0 Å². The Morgan fingerprint density at radius 3 is 2.71 bits per heavy atom. The number of nitrogens with zero attached hydrogens (tertiary/aromatic N) is 1. The molecule has 1 heterocycles. The SMILES string of the molecule is CCCCCCCC(Br)Cc1ncccc1C. The quantitative estimate of drug-likeness (QED) is 0.483. The third-order valence-corrected chi connectivity index (χ3v) is 3.94. The van der Waals surface area contributed by atoms with Gasteiger partial charge >= 0.3 is 0 Å². The first-order chi connectivity index (χ1) is 8.24. The largest absolute Gasteiger partial charge is 0.261 e. The molecule has 0 radical (unpaired) electrons. The Morgan fingerprint density at radius 1 is 1.24 bits per heavy atom. The van der Waals surface area contributed by atoms with E-state index >= 15 is 0 Å². The van der Waals surface area contributed by atoms with Crippen LogP contribution in [-0.2, 0) is 6.42 Å². The number of alkyl halides is 1. The zero-order valence-corrected chi connectivity index (χ0v) is 12.7. The second kappa shape index (κ2) is 8.68. The summed E-state index contributed by atoms with van der Waals surface area (Å²) in [7, 11) is 0. The van der Waals surface area contributed by atoms with Gasteiger partial charge in [0.05, 0.1) is 0 Å². The summed E-state index contributed by atoms with van der Waals surface area (Å²) in [5.74, 6) is 0. The molecule has 1 rings (SSSR count). The molecule has 17 heavy (non-hydrogen) atoms. The Labute approximate surface area is 114 Å². The number of halogens is 1. The highest BCUT2D eigenvalue weighted by atomic mass is 79.9. The minimum absolute atomic E-state index is 0.581. The summed E-state index contributed by atoms with van der Waals surface area (Å²) in [6.45, 7) is 4.40. The van der Waals surface area contributed by atoms with E-state index in [0.29, 0.717) is 4.83 Å². The molecule has 2 heteroatoms. The van der Waals surface area contributed by atoms with Crippen molar-refractivity contribution < 1.29 is 0 Å². The topological polar surface area (TPSA) is 12.9 Å². The molecule has 0 fully saturated rings. The fourth-order valence-electron chi connectivity index (χ4n) is 2.01. The van der Waals surface area contributed by atoms with E-state index in [9.17, 15) is 0 Å². The Bertz CT molecular complexity index is 312. The molecule has 0 aliphatic rings. The van der Waals surface area contributed by atoms with Gasteiger partial charge in [0.15, 0.2) is 0 Å². The van der Waals surface area contributed by atoms with Gasteiger partial charge in [-0.25, -0.2) is 0 Å². The number of aromatic nitrogens is 1. The Kier molecular flexibility index (Phi) is 7.50. The van der Waals surface area contributed by atoms with Gasteiger partial charge in [0.2, 0.25) is 0 Å². The molecule has 0 saturated heterocycles. The van der Waals surface area contributed by atoms with Gasteiger partial charge in [-0.1, -0.05) is 61.0 Å². The minimum Gasteiger partial charge on any atom is -0.261 e. The average Bonchev–Trinajstić information content (AvgIpc) is 2.32. The van der Waals surface area contributed by atoms with Crippen molar-refractivity contribution in [2.45, 2.75) is 63.6 Å². The molecule has 1 aromatic rings. The highest BCUT2D eigenvalue weighted by molar-refractivity contribution is 9.09. The maximum Gasteiger partial charge on any atom is 0.0443 e. The molecule has 0 aliphatic heterocycles. The Hall–Kier alpha value is -0.370. The number of rotatable bonds is 8. The van der Waals surface area contributed by atoms with Crippen LogP contribution in [0.5, 0.6) is 0 Å². The number of unbranched alkanes of at least 4 members (excludes halogenated alkanes) is 4. The van der Waals surface area contributed by atoms with Crippen LogP contribution in [0.2, 0.25) is 0 Å². The molecule has 1 unspecified atom stereocenters. The van der Waals surface area contributed by atoms with Crippen molar-refractivity contribution in [1.82, 2.24) is 4.98 Å². The van der Waals surface area contributed by atoms with Gasteiger partial charge in [-0.2, -0.15) is 0 Å². The molecular weight excluding hydrogens is 274 g/mol. The monoisotopic (exact) mass is 297 g/mol. The predicted octanol–water partition coefficient (Wildman–Crippen LogP) is 5.06. The lowest BCUT2D eigenvalue weighted by molar-refractivity contribution is 0.596. The lowest BCUT2D eigenvalue weighted by Crippen LogP contribution is -2.05. The minimum atomic E-state index is 0.581. The fraction of sp³-hybridized carbons (Fsp3) is 0.667. The van der Waals surface area contributed by atoms with Crippen molar-refractivity contribution in [3.05, 3.63) is 29.6 Å². The zero-order valence-electron chi connectivity index (χ0n) is 11.1. The van der Waals surface area contributed by atoms with E-state index in [1.165, 1.54) is 49.8 Å². The van der Waals surface area contributed by atoms with Gasteiger partial charge in [-0.3, -0.25) is 4.98 Å². The van der Waals surface area contributed by atoms with Crippen LogP contribution in [0.3, 0.4) is 0 Å². The van der Waals surface area contributed by atoms with Gasteiger partial charge in [-0.05, 0) is 25.0 Å². The molecule has 1 atom stereocenters. The van der Waals surface area contributed by atoms with Crippen LogP contribution in [-0.4, -0.2) is 9.81 Å². The van der Waals surface area contributed by atoms with Crippen molar-refractivity contribution in [1.29, 1.82) is 0 Å². The van der Waals surface area contributed by atoms with Gasteiger partial charge in [0.1, 0.15) is 0 Å². The van der Waals surface area contributed by atoms with Gasteiger partial charge in [0.25, 0.3) is 0 Å². The third kappa shape index (κ3) is 6.21. The predicted molar refractivity (Wildman–Crippen MR) is 78.8 cm³/mol. The van der Waals surface area contributed by atoms with Crippen LogP contribution in [0.25, 0.3) is 0 Å². The number of hydrogen-bond donors (Lipinski definition) is 0.